The second-order valence-electron chi connectivity index (χ2n) is 6.85. The van der Waals surface area contributed by atoms with E-state index < -0.39 is 0 Å². The number of quaternary nitrogens is 1. The van der Waals surface area contributed by atoms with Gasteiger partial charge in [0.25, 0.3) is 5.91 Å². The van der Waals surface area contributed by atoms with Gasteiger partial charge in [-0.3, -0.25) is 4.79 Å². The van der Waals surface area contributed by atoms with Crippen molar-refractivity contribution in [1.29, 1.82) is 0 Å². The number of nitrogens with zero attached hydrogens (tertiary/aromatic N) is 1. The van der Waals surface area contributed by atoms with Crippen LogP contribution in [0.3, 0.4) is 0 Å². The quantitative estimate of drug-likeness (QED) is 0.768. The Labute approximate surface area is 112 Å². The summed E-state index contributed by atoms with van der Waals surface area (Å²) in [7, 11) is 1.89. The smallest absolute Gasteiger partial charge is 0.281 e. The van der Waals surface area contributed by atoms with E-state index in [1.165, 1.54) is 5.57 Å². The number of carbonyl (C=O) groups excluding carboxylic acids is 1. The first kappa shape index (κ1) is 17.2. The van der Waals surface area contributed by atoms with Crippen LogP contribution in [0.15, 0.2) is 11.6 Å². The first-order valence-electron chi connectivity index (χ1n) is 6.73. The van der Waals surface area contributed by atoms with E-state index in [-0.39, 0.29) is 23.4 Å². The maximum Gasteiger partial charge on any atom is 0.281 e. The van der Waals surface area contributed by atoms with Crippen LogP contribution >= 0.6 is 0 Å². The first-order valence-corrected chi connectivity index (χ1v) is 6.73. The molecule has 0 bridgehead atoms. The molecule has 0 fully saturated rings. The Kier molecular flexibility index (Phi) is 6.08. The molecule has 0 rings (SSSR count). The lowest BCUT2D eigenvalue weighted by Crippen LogP contribution is -2.73. The van der Waals surface area contributed by atoms with Crippen molar-refractivity contribution in [2.75, 3.05) is 7.05 Å². The summed E-state index contributed by atoms with van der Waals surface area (Å²) in [5, 5.41) is 0. The molecule has 106 valence electrons. The van der Waals surface area contributed by atoms with E-state index in [0.29, 0.717) is 5.92 Å². The van der Waals surface area contributed by atoms with Crippen molar-refractivity contribution in [2.45, 2.75) is 60.5 Å². The van der Waals surface area contributed by atoms with E-state index in [1.807, 2.05) is 11.9 Å². The zero-order valence-corrected chi connectivity index (χ0v) is 13.4. The topological polar surface area (TPSA) is 48.0 Å². The fourth-order valence-corrected chi connectivity index (χ4v) is 1.86. The van der Waals surface area contributed by atoms with E-state index in [0.717, 1.165) is 0 Å². The highest BCUT2D eigenvalue weighted by Gasteiger charge is 2.35. The molecule has 0 heterocycles. The van der Waals surface area contributed by atoms with Gasteiger partial charge in [0.2, 0.25) is 0 Å². The Balaban J connectivity index is 5.05. The van der Waals surface area contributed by atoms with Crippen LogP contribution in [0.1, 0.15) is 48.5 Å². The Morgan fingerprint density at radius 1 is 1.22 bits per heavy atom. The molecule has 3 heteroatoms. The molecule has 0 aliphatic carbocycles. The van der Waals surface area contributed by atoms with Crippen LogP contribution in [0.25, 0.3) is 0 Å². The minimum absolute atomic E-state index is 0.0994. The summed E-state index contributed by atoms with van der Waals surface area (Å²) in [5.41, 5.74) is 5.18. The van der Waals surface area contributed by atoms with E-state index in [1.54, 1.807) is 0 Å². The Morgan fingerprint density at radius 3 is 1.94 bits per heavy atom. The fraction of sp³-hybridized carbons (Fsp3) is 0.800. The number of hydrogen-bond acceptors (Lipinski definition) is 1. The van der Waals surface area contributed by atoms with Gasteiger partial charge in [0, 0.05) is 12.5 Å². The highest BCUT2D eigenvalue weighted by Crippen LogP contribution is 2.20. The number of allylic oxidation sites excluding steroid dienone is 1. The second-order valence-corrected chi connectivity index (χ2v) is 6.85. The van der Waals surface area contributed by atoms with Gasteiger partial charge in [-0.2, -0.15) is 0 Å². The summed E-state index contributed by atoms with van der Waals surface area (Å²) >= 11 is 0. The molecule has 18 heavy (non-hydrogen) atoms. The zero-order chi connectivity index (χ0) is 14.7. The molecule has 0 aromatic rings. The van der Waals surface area contributed by atoms with Gasteiger partial charge >= 0.3 is 0 Å². The van der Waals surface area contributed by atoms with Gasteiger partial charge in [-0.05, 0) is 19.8 Å². The van der Waals surface area contributed by atoms with Crippen molar-refractivity contribution in [3.63, 3.8) is 0 Å². The maximum atomic E-state index is 12.5. The molecule has 0 aliphatic heterocycles. The number of likely N-dealkylation sites (N-methyl/N-ethyl adjacent to an activating group) is 1. The summed E-state index contributed by atoms with van der Waals surface area (Å²) in [5.74, 6) is 0.528. The summed E-state index contributed by atoms with van der Waals surface area (Å²) < 4.78 is 0. The molecule has 2 atom stereocenters. The van der Waals surface area contributed by atoms with Crippen LogP contribution < -0.4 is 5.73 Å². The van der Waals surface area contributed by atoms with Crippen LogP contribution in [0.2, 0.25) is 0 Å². The van der Waals surface area contributed by atoms with Crippen molar-refractivity contribution in [3.8, 4) is 0 Å². The molecule has 1 amide bonds. The molecule has 0 aromatic heterocycles. The Morgan fingerprint density at radius 2 is 1.67 bits per heavy atom. The molecule has 0 aromatic carbocycles. The van der Waals surface area contributed by atoms with Crippen LogP contribution in [-0.2, 0) is 4.79 Å². The van der Waals surface area contributed by atoms with Gasteiger partial charge in [-0.15, -0.1) is 0 Å². The summed E-state index contributed by atoms with van der Waals surface area (Å²) in [6.07, 6.45) is 2.16. The molecule has 3 N–H and O–H groups in total. The Bertz CT molecular complexity index is 309. The van der Waals surface area contributed by atoms with Crippen LogP contribution in [-0.4, -0.2) is 29.9 Å². The van der Waals surface area contributed by atoms with Gasteiger partial charge in [-0.25, -0.2) is 0 Å². The van der Waals surface area contributed by atoms with Gasteiger partial charge in [0.1, 0.15) is 0 Å². The minimum Gasteiger partial charge on any atom is -0.347 e. The van der Waals surface area contributed by atoms with Gasteiger partial charge in [-0.1, -0.05) is 46.3 Å². The average Bonchev–Trinajstić information content (AvgIpc) is 2.20. The highest BCUT2D eigenvalue weighted by atomic mass is 16.2. The van der Waals surface area contributed by atoms with Crippen molar-refractivity contribution in [2.24, 2.45) is 11.3 Å². The lowest BCUT2D eigenvalue weighted by Gasteiger charge is -2.33. The highest BCUT2D eigenvalue weighted by molar-refractivity contribution is 5.81. The van der Waals surface area contributed by atoms with Gasteiger partial charge in [0.05, 0.1) is 6.04 Å². The number of hydrogen-bond donors (Lipinski definition) is 1. The maximum absolute atomic E-state index is 12.5. The predicted molar refractivity (Wildman–Crippen MR) is 77.0 cm³/mol. The normalized spacial score (nSPS) is 15.2. The molecule has 0 aliphatic rings. The van der Waals surface area contributed by atoms with Crippen molar-refractivity contribution < 1.29 is 10.5 Å². The number of carbonyl (C=O) groups is 1. The van der Waals surface area contributed by atoms with Crippen LogP contribution in [0.5, 0.6) is 0 Å². The molecular formula is C15H31N2O+. The van der Waals surface area contributed by atoms with Crippen molar-refractivity contribution >= 4 is 5.91 Å². The van der Waals surface area contributed by atoms with Crippen molar-refractivity contribution in [1.82, 2.24) is 4.90 Å². The van der Waals surface area contributed by atoms with Crippen molar-refractivity contribution in [3.05, 3.63) is 11.6 Å². The number of amides is 1. The third kappa shape index (κ3) is 4.81. The molecule has 2 unspecified atom stereocenters. The van der Waals surface area contributed by atoms with E-state index in [4.69, 9.17) is 0 Å². The fourth-order valence-electron chi connectivity index (χ4n) is 1.86. The average molecular weight is 255 g/mol. The molecule has 0 saturated carbocycles. The van der Waals surface area contributed by atoms with E-state index >= 15 is 0 Å². The largest absolute Gasteiger partial charge is 0.347 e. The lowest BCUT2D eigenvalue weighted by atomic mass is 9.86. The summed E-state index contributed by atoms with van der Waals surface area (Å²) in [6.45, 7) is 14.6. The monoisotopic (exact) mass is 255 g/mol. The van der Waals surface area contributed by atoms with Crippen LogP contribution in [0, 0.1) is 11.3 Å². The second kappa shape index (κ2) is 6.37. The molecule has 3 nitrogen and oxygen atoms in total. The van der Waals surface area contributed by atoms with Crippen LogP contribution in [0.4, 0.5) is 0 Å². The molecule has 0 saturated heterocycles. The van der Waals surface area contributed by atoms with Gasteiger partial charge in [0.15, 0.2) is 6.04 Å². The molecule has 0 radical (unpaired) electrons. The van der Waals surface area contributed by atoms with E-state index in [9.17, 15) is 4.79 Å². The van der Waals surface area contributed by atoms with Gasteiger partial charge < -0.3 is 10.6 Å². The SMILES string of the molecule is CC(C)=CC(C(C)C)N(C)C(=O)C([NH3+])C(C)(C)C. The molecular weight excluding hydrogens is 224 g/mol. The third-order valence-corrected chi connectivity index (χ3v) is 3.33. The summed E-state index contributed by atoms with van der Waals surface area (Å²) in [4.78, 5) is 14.3. The minimum atomic E-state index is -0.214. The zero-order valence-electron chi connectivity index (χ0n) is 13.4. The molecule has 0 spiro atoms. The lowest BCUT2D eigenvalue weighted by molar-refractivity contribution is -0.428. The predicted octanol–water partition coefficient (Wildman–Crippen LogP) is 2.09. The van der Waals surface area contributed by atoms with E-state index in [2.05, 4.69) is 60.3 Å². The Hall–Kier alpha value is -0.830. The summed E-state index contributed by atoms with van der Waals surface area (Å²) in [6, 6.07) is -0.0663. The standard InChI is InChI=1S/C15H30N2O/c1-10(2)9-12(11(3)4)17(8)14(18)13(16)15(5,6)7/h9,11-13H,16H2,1-8H3/p+1. The third-order valence-electron chi connectivity index (χ3n) is 3.33. The number of rotatable bonds is 4. The first-order chi connectivity index (χ1) is 7.98.